The summed E-state index contributed by atoms with van der Waals surface area (Å²) in [6.45, 7) is 1.87. The van der Waals surface area contributed by atoms with Gasteiger partial charge in [0.15, 0.2) is 0 Å². The third-order valence-corrected chi connectivity index (χ3v) is 2.15. The van der Waals surface area contributed by atoms with Crippen LogP contribution >= 0.6 is 11.9 Å². The van der Waals surface area contributed by atoms with Crippen LogP contribution in [-0.4, -0.2) is 18.9 Å². The van der Waals surface area contributed by atoms with E-state index in [1.807, 2.05) is 6.92 Å². The highest BCUT2D eigenvalue weighted by molar-refractivity contribution is 7.88. The third-order valence-electron chi connectivity index (χ3n) is 1.42. The molecule has 0 unspecified atom stereocenters. The first kappa shape index (κ1) is 13.4. The summed E-state index contributed by atoms with van der Waals surface area (Å²) < 4.78 is 33.2. The van der Waals surface area contributed by atoms with Crippen LogP contribution in [0.3, 0.4) is 0 Å². The molecule has 0 aliphatic rings. The molecule has 0 amide bonds. The molecule has 0 aromatic heterocycles. The van der Waals surface area contributed by atoms with Crippen molar-refractivity contribution in [3.05, 3.63) is 11.0 Å². The standard InChI is InChI=1S/C7H11ClO5S/c1-2-3-4-6(7(9)13-8)5-14(10,11)12/h5H,2-4H2,1H3,(H,10,11,12). The molecule has 0 heterocycles. The molecule has 0 rings (SSSR count). The Bertz CT molecular complexity index is 319. The molecule has 0 bridgehead atoms. The maximum atomic E-state index is 10.9. The van der Waals surface area contributed by atoms with Crippen molar-refractivity contribution < 1.29 is 22.1 Å². The van der Waals surface area contributed by atoms with Crippen LogP contribution in [0, 0.1) is 0 Å². The second kappa shape index (κ2) is 6.00. The van der Waals surface area contributed by atoms with E-state index in [9.17, 15) is 13.2 Å². The van der Waals surface area contributed by atoms with Crippen LogP contribution in [0.4, 0.5) is 0 Å². The molecule has 14 heavy (non-hydrogen) atoms. The average molecular weight is 243 g/mol. The average Bonchev–Trinajstić information content (AvgIpc) is 2.09. The van der Waals surface area contributed by atoms with E-state index >= 15 is 0 Å². The fraction of sp³-hybridized carbons (Fsp3) is 0.571. The van der Waals surface area contributed by atoms with Gasteiger partial charge in [0.2, 0.25) is 0 Å². The first-order chi connectivity index (χ1) is 6.40. The number of unbranched alkanes of at least 4 members (excludes halogenated alkanes) is 1. The van der Waals surface area contributed by atoms with Gasteiger partial charge >= 0.3 is 5.97 Å². The Morgan fingerprint density at radius 3 is 2.50 bits per heavy atom. The summed E-state index contributed by atoms with van der Waals surface area (Å²) >= 11 is 4.79. The summed E-state index contributed by atoms with van der Waals surface area (Å²) in [5.74, 6) is -0.960. The fourth-order valence-electron chi connectivity index (χ4n) is 0.806. The normalized spacial score (nSPS) is 12.6. The first-order valence-electron chi connectivity index (χ1n) is 3.91. The first-order valence-corrected chi connectivity index (χ1v) is 5.73. The minimum absolute atomic E-state index is 0.163. The fourth-order valence-corrected chi connectivity index (χ4v) is 1.48. The van der Waals surface area contributed by atoms with Crippen molar-refractivity contribution in [2.75, 3.05) is 0 Å². The van der Waals surface area contributed by atoms with E-state index in [0.29, 0.717) is 11.8 Å². The molecule has 5 nitrogen and oxygen atoms in total. The van der Waals surface area contributed by atoms with Gasteiger partial charge in [0.05, 0.1) is 11.0 Å². The summed E-state index contributed by atoms with van der Waals surface area (Å²) in [4.78, 5) is 10.9. The van der Waals surface area contributed by atoms with E-state index in [2.05, 4.69) is 4.29 Å². The second-order valence-corrected chi connectivity index (χ2v) is 4.05. The van der Waals surface area contributed by atoms with Crippen molar-refractivity contribution >= 4 is 28.0 Å². The lowest BCUT2D eigenvalue weighted by molar-refractivity contribution is -0.129. The predicted molar refractivity (Wildman–Crippen MR) is 51.1 cm³/mol. The monoisotopic (exact) mass is 242 g/mol. The van der Waals surface area contributed by atoms with E-state index in [-0.39, 0.29) is 12.0 Å². The Hall–Kier alpha value is -0.590. The SMILES string of the molecule is CCCCC(=CS(=O)(=O)O)C(=O)OCl. The Labute approximate surface area is 87.6 Å². The number of rotatable bonds is 5. The quantitative estimate of drug-likeness (QED) is 0.586. The number of carbonyl (C=O) groups is 1. The molecular formula is C7H11ClO5S. The largest absolute Gasteiger partial charge is 0.353 e. The van der Waals surface area contributed by atoms with Crippen molar-refractivity contribution in [1.29, 1.82) is 0 Å². The van der Waals surface area contributed by atoms with Gasteiger partial charge in [-0.25, -0.2) is 4.79 Å². The molecule has 1 N–H and O–H groups in total. The molecule has 0 radical (unpaired) electrons. The summed E-state index contributed by atoms with van der Waals surface area (Å²) in [5.41, 5.74) is -0.163. The lowest BCUT2D eigenvalue weighted by atomic mass is 10.1. The third kappa shape index (κ3) is 5.95. The van der Waals surface area contributed by atoms with Crippen LogP contribution in [0.2, 0.25) is 0 Å². The summed E-state index contributed by atoms with van der Waals surface area (Å²) in [5, 5.41) is 0.452. The molecule has 0 spiro atoms. The highest BCUT2D eigenvalue weighted by Gasteiger charge is 2.14. The molecule has 0 aliphatic carbocycles. The van der Waals surface area contributed by atoms with Crippen LogP contribution in [0.1, 0.15) is 26.2 Å². The van der Waals surface area contributed by atoms with Gasteiger partial charge in [0, 0.05) is 0 Å². The number of halogens is 1. The molecule has 7 heteroatoms. The van der Waals surface area contributed by atoms with E-state index in [0.717, 1.165) is 6.42 Å². The van der Waals surface area contributed by atoms with Crippen molar-refractivity contribution in [3.63, 3.8) is 0 Å². The molecule has 0 atom stereocenters. The lowest BCUT2D eigenvalue weighted by Crippen LogP contribution is -2.05. The van der Waals surface area contributed by atoms with Crippen molar-refractivity contribution in [2.24, 2.45) is 0 Å². The van der Waals surface area contributed by atoms with Gasteiger partial charge in [-0.05, 0) is 12.8 Å². The van der Waals surface area contributed by atoms with Crippen molar-refractivity contribution in [3.8, 4) is 0 Å². The zero-order chi connectivity index (χ0) is 11.2. The van der Waals surface area contributed by atoms with Crippen LogP contribution in [-0.2, 0) is 19.2 Å². The summed E-state index contributed by atoms with van der Waals surface area (Å²) in [7, 11) is -4.33. The molecule has 0 aromatic carbocycles. The number of hydrogen-bond acceptors (Lipinski definition) is 4. The topological polar surface area (TPSA) is 80.7 Å². The summed E-state index contributed by atoms with van der Waals surface area (Å²) in [6, 6.07) is 0. The van der Waals surface area contributed by atoms with Crippen LogP contribution in [0.15, 0.2) is 11.0 Å². The number of carbonyl (C=O) groups excluding carboxylic acids is 1. The maximum Gasteiger partial charge on any atom is 0.353 e. The molecule has 0 aliphatic heterocycles. The molecule has 82 valence electrons. The van der Waals surface area contributed by atoms with Gasteiger partial charge in [-0.1, -0.05) is 13.3 Å². The Kier molecular flexibility index (Phi) is 5.75. The molecule has 0 fully saturated rings. The zero-order valence-corrected chi connectivity index (χ0v) is 9.14. The molecule has 0 saturated heterocycles. The minimum Gasteiger partial charge on any atom is -0.343 e. The van der Waals surface area contributed by atoms with Crippen LogP contribution < -0.4 is 0 Å². The zero-order valence-electron chi connectivity index (χ0n) is 7.57. The Balaban J connectivity index is 4.73. The second-order valence-electron chi connectivity index (χ2n) is 2.63. The minimum atomic E-state index is -4.33. The van der Waals surface area contributed by atoms with E-state index < -0.39 is 16.1 Å². The number of hydrogen-bond donors (Lipinski definition) is 1. The van der Waals surface area contributed by atoms with Gasteiger partial charge in [-0.15, -0.1) is 0 Å². The van der Waals surface area contributed by atoms with Crippen LogP contribution in [0.5, 0.6) is 0 Å². The van der Waals surface area contributed by atoms with Gasteiger partial charge < -0.3 is 4.29 Å². The van der Waals surface area contributed by atoms with Gasteiger partial charge in [-0.3, -0.25) is 4.55 Å². The van der Waals surface area contributed by atoms with Gasteiger partial charge in [-0.2, -0.15) is 8.42 Å². The van der Waals surface area contributed by atoms with Gasteiger partial charge in [0.25, 0.3) is 10.1 Å². The van der Waals surface area contributed by atoms with Crippen LogP contribution in [0.25, 0.3) is 0 Å². The Morgan fingerprint density at radius 2 is 2.14 bits per heavy atom. The molecule has 0 aromatic rings. The highest BCUT2D eigenvalue weighted by atomic mass is 35.5. The van der Waals surface area contributed by atoms with E-state index in [1.165, 1.54) is 0 Å². The van der Waals surface area contributed by atoms with E-state index in [4.69, 9.17) is 16.4 Å². The Morgan fingerprint density at radius 1 is 1.57 bits per heavy atom. The van der Waals surface area contributed by atoms with E-state index in [1.54, 1.807) is 0 Å². The molecule has 0 saturated carbocycles. The predicted octanol–water partition coefficient (Wildman–Crippen LogP) is 1.65. The van der Waals surface area contributed by atoms with Gasteiger partial charge in [0.1, 0.15) is 11.9 Å². The summed E-state index contributed by atoms with van der Waals surface area (Å²) in [6.07, 6.45) is 1.58. The van der Waals surface area contributed by atoms with Crippen molar-refractivity contribution in [2.45, 2.75) is 26.2 Å². The lowest BCUT2D eigenvalue weighted by Gasteiger charge is -2.00. The maximum absolute atomic E-state index is 10.9. The highest BCUT2D eigenvalue weighted by Crippen LogP contribution is 2.11. The smallest absolute Gasteiger partial charge is 0.343 e. The molecular weight excluding hydrogens is 232 g/mol. The van der Waals surface area contributed by atoms with Crippen molar-refractivity contribution in [1.82, 2.24) is 0 Å².